The summed E-state index contributed by atoms with van der Waals surface area (Å²) in [5.74, 6) is -0.671. The molecule has 0 saturated carbocycles. The van der Waals surface area contributed by atoms with Gasteiger partial charge in [0.2, 0.25) is 15.9 Å². The van der Waals surface area contributed by atoms with E-state index >= 15 is 0 Å². The van der Waals surface area contributed by atoms with E-state index in [0.29, 0.717) is 37.9 Å². The van der Waals surface area contributed by atoms with Crippen LogP contribution in [0.5, 0.6) is 5.75 Å². The van der Waals surface area contributed by atoms with E-state index in [2.05, 4.69) is 15.6 Å². The maximum atomic E-state index is 12.8. The lowest BCUT2D eigenvalue weighted by Crippen LogP contribution is -2.43. The van der Waals surface area contributed by atoms with Gasteiger partial charge in [-0.05, 0) is 49.6 Å². The predicted molar refractivity (Wildman–Crippen MR) is 119 cm³/mol. The standard InChI is InChI=1S/C21H25ClN4O5S/c22-19-18(6-2-9-23-19)32(30,31)26-12-7-15(8-13-26)20(28)24-10-3-11-25-21(29)16-4-1-5-17(27)14-16/h1-2,4-6,9,14-15,27H,3,7-8,10-13H2,(H,24,28)(H,25,29). The van der Waals surface area contributed by atoms with Gasteiger partial charge < -0.3 is 15.7 Å². The fourth-order valence-electron chi connectivity index (χ4n) is 3.46. The number of piperidine rings is 1. The number of sulfonamides is 1. The molecule has 1 aliphatic rings. The van der Waals surface area contributed by atoms with Crippen molar-refractivity contribution in [2.24, 2.45) is 5.92 Å². The molecule has 0 radical (unpaired) electrons. The van der Waals surface area contributed by atoms with Crippen LogP contribution in [0, 0.1) is 5.92 Å². The van der Waals surface area contributed by atoms with Gasteiger partial charge >= 0.3 is 0 Å². The fraction of sp³-hybridized carbons (Fsp3) is 0.381. The van der Waals surface area contributed by atoms with Crippen molar-refractivity contribution in [1.82, 2.24) is 19.9 Å². The van der Waals surface area contributed by atoms with Crippen LogP contribution in [-0.4, -0.2) is 60.8 Å². The molecule has 172 valence electrons. The van der Waals surface area contributed by atoms with Gasteiger partial charge in [0.15, 0.2) is 0 Å². The molecule has 1 aromatic heterocycles. The highest BCUT2D eigenvalue weighted by Crippen LogP contribution is 2.27. The Kier molecular flexibility index (Phi) is 8.05. The maximum absolute atomic E-state index is 12.8. The Bertz CT molecular complexity index is 1070. The molecule has 2 heterocycles. The van der Waals surface area contributed by atoms with Crippen molar-refractivity contribution in [2.75, 3.05) is 26.2 Å². The topological polar surface area (TPSA) is 129 Å². The summed E-state index contributed by atoms with van der Waals surface area (Å²) in [7, 11) is -3.75. The van der Waals surface area contributed by atoms with Crippen LogP contribution in [0.1, 0.15) is 29.6 Å². The molecule has 2 aromatic rings. The molecule has 1 saturated heterocycles. The first-order valence-corrected chi connectivity index (χ1v) is 12.1. The Balaban J connectivity index is 1.38. The first-order chi connectivity index (χ1) is 15.3. The van der Waals surface area contributed by atoms with Gasteiger partial charge in [-0.25, -0.2) is 13.4 Å². The number of phenols is 1. The molecule has 32 heavy (non-hydrogen) atoms. The van der Waals surface area contributed by atoms with Crippen LogP contribution < -0.4 is 10.6 Å². The minimum Gasteiger partial charge on any atom is -0.508 e. The number of benzene rings is 1. The SMILES string of the molecule is O=C(NCCCNC(=O)C1CCN(S(=O)(=O)c2cccnc2Cl)CC1)c1cccc(O)c1. The van der Waals surface area contributed by atoms with Crippen molar-refractivity contribution in [3.8, 4) is 5.75 Å². The van der Waals surface area contributed by atoms with E-state index in [-0.39, 0.29) is 46.6 Å². The van der Waals surface area contributed by atoms with E-state index in [1.165, 1.54) is 34.8 Å². The van der Waals surface area contributed by atoms with E-state index in [9.17, 15) is 23.1 Å². The van der Waals surface area contributed by atoms with Crippen LogP contribution in [0.2, 0.25) is 5.15 Å². The van der Waals surface area contributed by atoms with Crippen LogP contribution in [-0.2, 0) is 14.8 Å². The summed E-state index contributed by atoms with van der Waals surface area (Å²) in [6.45, 7) is 1.22. The van der Waals surface area contributed by atoms with Crippen LogP contribution in [0.15, 0.2) is 47.5 Å². The molecule has 1 aromatic carbocycles. The molecule has 1 aliphatic heterocycles. The molecule has 9 nitrogen and oxygen atoms in total. The van der Waals surface area contributed by atoms with Gasteiger partial charge in [-0.2, -0.15) is 4.31 Å². The molecule has 0 bridgehead atoms. The third kappa shape index (κ3) is 5.96. The van der Waals surface area contributed by atoms with Gasteiger partial charge in [0.05, 0.1) is 0 Å². The van der Waals surface area contributed by atoms with Crippen molar-refractivity contribution < 1.29 is 23.1 Å². The quantitative estimate of drug-likeness (QED) is 0.390. The largest absolute Gasteiger partial charge is 0.508 e. The van der Waals surface area contributed by atoms with E-state index < -0.39 is 10.0 Å². The average molecular weight is 481 g/mol. The van der Waals surface area contributed by atoms with Crippen LogP contribution in [0.3, 0.4) is 0 Å². The summed E-state index contributed by atoms with van der Waals surface area (Å²) in [6, 6.07) is 9.00. The third-order valence-electron chi connectivity index (χ3n) is 5.21. The highest BCUT2D eigenvalue weighted by Gasteiger charge is 2.33. The van der Waals surface area contributed by atoms with Crippen molar-refractivity contribution in [3.63, 3.8) is 0 Å². The molecule has 0 spiro atoms. The number of nitrogens with one attached hydrogen (secondary N) is 2. The zero-order valence-corrected chi connectivity index (χ0v) is 18.9. The summed E-state index contributed by atoms with van der Waals surface area (Å²) < 4.78 is 26.8. The second kappa shape index (κ2) is 10.8. The highest BCUT2D eigenvalue weighted by molar-refractivity contribution is 7.89. The zero-order valence-electron chi connectivity index (χ0n) is 17.3. The van der Waals surface area contributed by atoms with Gasteiger partial charge in [0.1, 0.15) is 15.8 Å². The molecule has 0 atom stereocenters. The Hall–Kier alpha value is -2.69. The fourth-order valence-corrected chi connectivity index (χ4v) is 5.35. The molecular formula is C21H25ClN4O5S. The number of pyridine rings is 1. The normalized spacial score (nSPS) is 15.3. The summed E-state index contributed by atoms with van der Waals surface area (Å²) in [5, 5.41) is 14.9. The summed E-state index contributed by atoms with van der Waals surface area (Å²) in [4.78, 5) is 28.2. The molecule has 0 aliphatic carbocycles. The zero-order chi connectivity index (χ0) is 23.1. The minimum atomic E-state index is -3.75. The lowest BCUT2D eigenvalue weighted by atomic mass is 9.97. The number of halogens is 1. The van der Waals surface area contributed by atoms with E-state index in [1.807, 2.05) is 0 Å². The number of hydrogen-bond donors (Lipinski definition) is 3. The minimum absolute atomic E-state index is 0.0206. The van der Waals surface area contributed by atoms with Crippen molar-refractivity contribution in [2.45, 2.75) is 24.2 Å². The smallest absolute Gasteiger partial charge is 0.251 e. The van der Waals surface area contributed by atoms with Crippen molar-refractivity contribution in [3.05, 3.63) is 53.3 Å². The van der Waals surface area contributed by atoms with Crippen LogP contribution in [0.4, 0.5) is 0 Å². The molecule has 0 unspecified atom stereocenters. The highest BCUT2D eigenvalue weighted by atomic mass is 35.5. The molecule has 1 fully saturated rings. The lowest BCUT2D eigenvalue weighted by Gasteiger charge is -2.30. The second-order valence-electron chi connectivity index (χ2n) is 7.42. The molecular weight excluding hydrogens is 456 g/mol. The molecule has 11 heteroatoms. The Labute approximate surface area is 191 Å². The van der Waals surface area contributed by atoms with E-state index in [1.54, 1.807) is 12.1 Å². The lowest BCUT2D eigenvalue weighted by molar-refractivity contribution is -0.126. The Morgan fingerprint density at radius 2 is 1.84 bits per heavy atom. The Morgan fingerprint density at radius 1 is 1.12 bits per heavy atom. The number of phenolic OH excluding ortho intramolecular Hbond substituents is 1. The number of carbonyl (C=O) groups is 2. The summed E-state index contributed by atoms with van der Waals surface area (Å²) >= 11 is 5.93. The van der Waals surface area contributed by atoms with Gasteiger partial charge in [-0.3, -0.25) is 9.59 Å². The number of aromatic nitrogens is 1. The third-order valence-corrected chi connectivity index (χ3v) is 7.56. The van der Waals surface area contributed by atoms with Gasteiger partial charge in [0.25, 0.3) is 5.91 Å². The number of hydrogen-bond acceptors (Lipinski definition) is 6. The molecule has 2 amide bonds. The number of rotatable bonds is 8. The number of amides is 2. The number of carbonyl (C=O) groups excluding carboxylic acids is 2. The predicted octanol–water partition coefficient (Wildman–Crippen LogP) is 1.78. The number of nitrogens with zero attached hydrogens (tertiary/aromatic N) is 2. The Morgan fingerprint density at radius 3 is 2.53 bits per heavy atom. The maximum Gasteiger partial charge on any atom is 0.251 e. The molecule has 3 N–H and O–H groups in total. The van der Waals surface area contributed by atoms with Crippen LogP contribution in [0.25, 0.3) is 0 Å². The second-order valence-corrected chi connectivity index (χ2v) is 9.69. The summed E-state index contributed by atoms with van der Waals surface area (Å²) in [6.07, 6.45) is 2.80. The van der Waals surface area contributed by atoms with E-state index in [0.717, 1.165) is 0 Å². The van der Waals surface area contributed by atoms with E-state index in [4.69, 9.17) is 11.6 Å². The van der Waals surface area contributed by atoms with Crippen molar-refractivity contribution in [1.29, 1.82) is 0 Å². The first kappa shape index (κ1) is 24.0. The van der Waals surface area contributed by atoms with Gasteiger partial charge in [0, 0.05) is 43.9 Å². The summed E-state index contributed by atoms with van der Waals surface area (Å²) in [5.41, 5.74) is 0.364. The first-order valence-electron chi connectivity index (χ1n) is 10.2. The van der Waals surface area contributed by atoms with Gasteiger partial charge in [-0.15, -0.1) is 0 Å². The van der Waals surface area contributed by atoms with Gasteiger partial charge in [-0.1, -0.05) is 17.7 Å². The monoisotopic (exact) mass is 480 g/mol. The number of aromatic hydroxyl groups is 1. The van der Waals surface area contributed by atoms with Crippen molar-refractivity contribution >= 4 is 33.4 Å². The van der Waals surface area contributed by atoms with Crippen LogP contribution >= 0.6 is 11.6 Å². The average Bonchev–Trinajstić information content (AvgIpc) is 2.79. The molecule has 3 rings (SSSR count).